The number of aromatic nitrogens is 2. The molecule has 1 saturated carbocycles. The highest BCUT2D eigenvalue weighted by Gasteiger charge is 2.25. The predicted octanol–water partition coefficient (Wildman–Crippen LogP) is 5.63. The summed E-state index contributed by atoms with van der Waals surface area (Å²) in [5.74, 6) is 1.48. The first-order valence-electron chi connectivity index (χ1n) is 12.9. The van der Waals surface area contributed by atoms with Gasteiger partial charge in [0.05, 0.1) is 16.2 Å². The first kappa shape index (κ1) is 23.4. The zero-order valence-corrected chi connectivity index (χ0v) is 21.2. The normalized spacial score (nSPS) is 21.0. The van der Waals surface area contributed by atoms with E-state index >= 15 is 0 Å². The number of carbonyl (C=O) groups is 1. The van der Waals surface area contributed by atoms with E-state index in [1.54, 1.807) is 6.20 Å². The molecule has 2 aliphatic rings. The van der Waals surface area contributed by atoms with E-state index in [1.807, 2.05) is 41.7 Å². The molecule has 1 aliphatic carbocycles. The van der Waals surface area contributed by atoms with Crippen LogP contribution in [0.5, 0.6) is 0 Å². The zero-order valence-electron chi connectivity index (χ0n) is 20.4. The maximum Gasteiger partial charge on any atom is 0.252 e. The lowest BCUT2D eigenvalue weighted by molar-refractivity contribution is 0.0921. The van der Waals surface area contributed by atoms with Crippen molar-refractivity contribution in [2.24, 2.45) is 11.8 Å². The molecular formula is C28H36N4OS. The second kappa shape index (κ2) is 10.5. The Bertz CT molecular complexity index is 1130. The van der Waals surface area contributed by atoms with Crippen molar-refractivity contribution >= 4 is 28.1 Å². The van der Waals surface area contributed by atoms with E-state index in [1.165, 1.54) is 41.4 Å². The predicted molar refractivity (Wildman–Crippen MR) is 139 cm³/mol. The minimum absolute atomic E-state index is 0.0348. The van der Waals surface area contributed by atoms with Gasteiger partial charge in [-0.25, -0.2) is 4.98 Å². The van der Waals surface area contributed by atoms with Gasteiger partial charge in [0.15, 0.2) is 0 Å². The van der Waals surface area contributed by atoms with Gasteiger partial charge in [-0.2, -0.15) is 0 Å². The third-order valence-corrected chi connectivity index (χ3v) is 8.47. The number of hydrogen-bond acceptors (Lipinski definition) is 5. The molecule has 1 aromatic carbocycles. The van der Waals surface area contributed by atoms with Gasteiger partial charge in [0, 0.05) is 54.0 Å². The van der Waals surface area contributed by atoms with Gasteiger partial charge in [0.25, 0.3) is 5.91 Å². The van der Waals surface area contributed by atoms with Crippen molar-refractivity contribution in [2.75, 3.05) is 13.1 Å². The highest BCUT2D eigenvalue weighted by molar-refractivity contribution is 7.11. The summed E-state index contributed by atoms with van der Waals surface area (Å²) in [4.78, 5) is 26.4. The van der Waals surface area contributed by atoms with Crippen LogP contribution in [0.25, 0.3) is 10.9 Å². The summed E-state index contributed by atoms with van der Waals surface area (Å²) >= 11 is 1.94. The molecule has 180 valence electrons. The standard InChI is InChI=1S/C28H36N4OS/c1-19(2)17-27-31-25-13-16-32(18-26(25)34-27)15-12-20-8-10-21(11-9-20)30-28(33)23-5-3-7-24-22(23)6-4-14-29-24/h3-7,14,19-21H,8-13,15-18H2,1-2H3,(H,30,33)/t20-,21-. The molecule has 0 radical (unpaired) electrons. The first-order valence-corrected chi connectivity index (χ1v) is 13.7. The van der Waals surface area contributed by atoms with E-state index in [9.17, 15) is 4.79 Å². The lowest BCUT2D eigenvalue weighted by Crippen LogP contribution is -2.38. The second-order valence-corrected chi connectivity index (χ2v) is 11.6. The smallest absolute Gasteiger partial charge is 0.252 e. The Balaban J connectivity index is 1.08. The van der Waals surface area contributed by atoms with E-state index in [-0.39, 0.29) is 11.9 Å². The number of amides is 1. The lowest BCUT2D eigenvalue weighted by Gasteiger charge is -2.32. The number of nitrogens with zero attached hydrogens (tertiary/aromatic N) is 3. The zero-order chi connectivity index (χ0) is 23.5. The van der Waals surface area contributed by atoms with E-state index < -0.39 is 0 Å². The van der Waals surface area contributed by atoms with Crippen molar-refractivity contribution < 1.29 is 4.79 Å². The SMILES string of the molecule is CC(C)Cc1nc2c(s1)CN(CC[C@H]1CC[C@H](NC(=O)c3cccc4ncccc34)CC1)CC2. The van der Waals surface area contributed by atoms with Crippen LogP contribution in [-0.4, -0.2) is 39.9 Å². The Morgan fingerprint density at radius 1 is 1.18 bits per heavy atom. The average Bonchev–Trinajstić information content (AvgIpc) is 3.24. The van der Waals surface area contributed by atoms with Crippen molar-refractivity contribution in [3.63, 3.8) is 0 Å². The summed E-state index contributed by atoms with van der Waals surface area (Å²) in [6.07, 6.45) is 9.83. The Morgan fingerprint density at radius 3 is 2.85 bits per heavy atom. The third-order valence-electron chi connectivity index (χ3n) is 7.36. The lowest BCUT2D eigenvalue weighted by atomic mass is 9.84. The Kier molecular flexibility index (Phi) is 7.26. The number of rotatable bonds is 7. The van der Waals surface area contributed by atoms with Gasteiger partial charge in [-0.3, -0.25) is 14.7 Å². The number of hydrogen-bond donors (Lipinski definition) is 1. The molecule has 5 rings (SSSR count). The largest absolute Gasteiger partial charge is 0.349 e. The molecule has 6 heteroatoms. The van der Waals surface area contributed by atoms with Gasteiger partial charge in [-0.05, 0) is 68.7 Å². The van der Waals surface area contributed by atoms with Gasteiger partial charge < -0.3 is 5.32 Å². The van der Waals surface area contributed by atoms with Crippen molar-refractivity contribution in [3.8, 4) is 0 Å². The fourth-order valence-corrected chi connectivity index (χ4v) is 6.82. The highest BCUT2D eigenvalue weighted by Crippen LogP contribution is 2.30. The minimum Gasteiger partial charge on any atom is -0.349 e. The van der Waals surface area contributed by atoms with Crippen LogP contribution in [0.2, 0.25) is 0 Å². The molecule has 1 aliphatic heterocycles. The molecule has 3 heterocycles. The third kappa shape index (κ3) is 5.49. The van der Waals surface area contributed by atoms with Crippen LogP contribution in [0.3, 0.4) is 0 Å². The van der Waals surface area contributed by atoms with Crippen LogP contribution in [0.1, 0.15) is 71.9 Å². The van der Waals surface area contributed by atoms with E-state index in [2.05, 4.69) is 29.0 Å². The maximum atomic E-state index is 13.0. The molecule has 1 N–H and O–H groups in total. The van der Waals surface area contributed by atoms with Crippen LogP contribution >= 0.6 is 11.3 Å². The number of nitrogens with one attached hydrogen (secondary N) is 1. The summed E-state index contributed by atoms with van der Waals surface area (Å²) in [5.41, 5.74) is 2.96. The highest BCUT2D eigenvalue weighted by atomic mass is 32.1. The Labute approximate surface area is 207 Å². The molecule has 0 atom stereocenters. The maximum absolute atomic E-state index is 13.0. The molecular weight excluding hydrogens is 440 g/mol. The quantitative estimate of drug-likeness (QED) is 0.480. The second-order valence-electron chi connectivity index (χ2n) is 10.5. The number of fused-ring (bicyclic) bond motifs is 2. The van der Waals surface area contributed by atoms with Gasteiger partial charge >= 0.3 is 0 Å². The van der Waals surface area contributed by atoms with Crippen LogP contribution in [-0.2, 0) is 19.4 Å². The van der Waals surface area contributed by atoms with Crippen molar-refractivity contribution in [2.45, 2.75) is 71.4 Å². The minimum atomic E-state index is 0.0348. The van der Waals surface area contributed by atoms with Crippen LogP contribution in [0.4, 0.5) is 0 Å². The molecule has 5 nitrogen and oxygen atoms in total. The van der Waals surface area contributed by atoms with Crippen LogP contribution in [0.15, 0.2) is 36.5 Å². The van der Waals surface area contributed by atoms with Crippen LogP contribution < -0.4 is 5.32 Å². The summed E-state index contributed by atoms with van der Waals surface area (Å²) in [6.45, 7) is 7.95. The van der Waals surface area contributed by atoms with E-state index in [0.717, 1.165) is 61.2 Å². The van der Waals surface area contributed by atoms with Crippen molar-refractivity contribution in [1.82, 2.24) is 20.2 Å². The number of benzene rings is 1. The van der Waals surface area contributed by atoms with E-state index in [4.69, 9.17) is 4.98 Å². The Hall–Kier alpha value is -2.31. The molecule has 0 spiro atoms. The summed E-state index contributed by atoms with van der Waals surface area (Å²) in [7, 11) is 0. The molecule has 0 bridgehead atoms. The fourth-order valence-electron chi connectivity index (χ4n) is 5.45. The van der Waals surface area contributed by atoms with Gasteiger partial charge in [-0.1, -0.05) is 26.0 Å². The van der Waals surface area contributed by atoms with Gasteiger partial charge in [-0.15, -0.1) is 11.3 Å². The van der Waals surface area contributed by atoms with Gasteiger partial charge in [0.1, 0.15) is 0 Å². The molecule has 0 unspecified atom stereocenters. The monoisotopic (exact) mass is 476 g/mol. The average molecular weight is 477 g/mol. The first-order chi connectivity index (χ1) is 16.5. The van der Waals surface area contributed by atoms with Crippen molar-refractivity contribution in [3.05, 3.63) is 57.7 Å². The fraction of sp³-hybridized carbons (Fsp3) is 0.536. The number of carbonyl (C=O) groups excluding carboxylic acids is 1. The summed E-state index contributed by atoms with van der Waals surface area (Å²) < 4.78 is 0. The molecule has 1 fully saturated rings. The molecule has 34 heavy (non-hydrogen) atoms. The summed E-state index contributed by atoms with van der Waals surface area (Å²) in [5, 5.41) is 5.55. The molecule has 1 amide bonds. The summed E-state index contributed by atoms with van der Waals surface area (Å²) in [6, 6.07) is 9.94. The molecule has 2 aromatic heterocycles. The molecule has 0 saturated heterocycles. The number of thiazole rings is 1. The van der Waals surface area contributed by atoms with Gasteiger partial charge in [0.2, 0.25) is 0 Å². The van der Waals surface area contributed by atoms with Crippen LogP contribution in [0, 0.1) is 11.8 Å². The number of pyridine rings is 1. The topological polar surface area (TPSA) is 58.1 Å². The molecule has 3 aromatic rings. The van der Waals surface area contributed by atoms with E-state index in [0.29, 0.717) is 5.92 Å². The van der Waals surface area contributed by atoms with Crippen molar-refractivity contribution in [1.29, 1.82) is 0 Å². The Morgan fingerprint density at radius 2 is 2.03 bits per heavy atom.